The quantitative estimate of drug-likeness (QED) is 0.849. The Morgan fingerprint density at radius 3 is 2.74 bits per heavy atom. The van der Waals surface area contributed by atoms with Gasteiger partial charge in [-0.25, -0.2) is 0 Å². The zero-order valence-corrected chi connectivity index (χ0v) is 12.4. The number of nitrogens with zero attached hydrogens (tertiary/aromatic N) is 1. The number of hydrogen-bond donors (Lipinski definition) is 1. The first-order valence-corrected chi connectivity index (χ1v) is 7.73. The Kier molecular flexibility index (Phi) is 5.41. The fourth-order valence-corrected chi connectivity index (χ4v) is 3.25. The smallest absolute Gasteiger partial charge is 0.0333 e. The maximum atomic E-state index is 6.38. The largest absolute Gasteiger partial charge is 0.324 e. The molecule has 0 saturated carbocycles. The van der Waals surface area contributed by atoms with Gasteiger partial charge in [-0.05, 0) is 36.8 Å². The predicted octanol–water partition coefficient (Wildman–Crippen LogP) is 3.44. The summed E-state index contributed by atoms with van der Waals surface area (Å²) in [6, 6.07) is 10.7. The van der Waals surface area contributed by atoms with Gasteiger partial charge in [-0.3, -0.25) is 0 Å². The van der Waals surface area contributed by atoms with Crippen molar-refractivity contribution in [3.8, 4) is 0 Å². The average molecular weight is 260 g/mol. The van der Waals surface area contributed by atoms with E-state index in [4.69, 9.17) is 5.73 Å². The lowest BCUT2D eigenvalue weighted by Gasteiger charge is -2.26. The second kappa shape index (κ2) is 7.06. The number of benzene rings is 1. The number of hydrogen-bond acceptors (Lipinski definition) is 2. The van der Waals surface area contributed by atoms with E-state index in [0.29, 0.717) is 5.92 Å². The summed E-state index contributed by atoms with van der Waals surface area (Å²) >= 11 is 0. The second-order valence-corrected chi connectivity index (χ2v) is 6.12. The highest BCUT2D eigenvalue weighted by molar-refractivity contribution is 5.19. The summed E-state index contributed by atoms with van der Waals surface area (Å²) in [6.45, 7) is 8.24. The highest BCUT2D eigenvalue weighted by Crippen LogP contribution is 2.25. The number of rotatable bonds is 6. The molecule has 1 aliphatic rings. The molecule has 2 nitrogen and oxygen atoms in total. The van der Waals surface area contributed by atoms with Crippen LogP contribution in [-0.2, 0) is 0 Å². The van der Waals surface area contributed by atoms with Crippen LogP contribution in [0.15, 0.2) is 30.3 Å². The molecule has 106 valence electrons. The van der Waals surface area contributed by atoms with Gasteiger partial charge in [-0.2, -0.15) is 0 Å². The van der Waals surface area contributed by atoms with Crippen LogP contribution < -0.4 is 5.73 Å². The fraction of sp³-hybridized carbons (Fsp3) is 0.647. The summed E-state index contributed by atoms with van der Waals surface area (Å²) in [7, 11) is 0. The molecule has 0 amide bonds. The van der Waals surface area contributed by atoms with Gasteiger partial charge in [-0.15, -0.1) is 0 Å². The molecule has 1 aliphatic heterocycles. The van der Waals surface area contributed by atoms with Gasteiger partial charge >= 0.3 is 0 Å². The molecule has 19 heavy (non-hydrogen) atoms. The van der Waals surface area contributed by atoms with Crippen molar-refractivity contribution in [2.45, 2.75) is 39.2 Å². The molecule has 3 atom stereocenters. The highest BCUT2D eigenvalue weighted by Gasteiger charge is 2.25. The van der Waals surface area contributed by atoms with Crippen molar-refractivity contribution in [1.82, 2.24) is 4.90 Å². The number of likely N-dealkylation sites (tertiary alicyclic amines) is 1. The van der Waals surface area contributed by atoms with E-state index < -0.39 is 0 Å². The second-order valence-electron chi connectivity index (χ2n) is 6.12. The Hall–Kier alpha value is -0.860. The van der Waals surface area contributed by atoms with Crippen LogP contribution in [-0.4, -0.2) is 24.5 Å². The molecule has 0 bridgehead atoms. The summed E-state index contributed by atoms with van der Waals surface area (Å²) in [6.07, 6.45) is 4.08. The molecule has 1 saturated heterocycles. The van der Waals surface area contributed by atoms with E-state index in [1.807, 2.05) is 0 Å². The molecular weight excluding hydrogens is 232 g/mol. The lowest BCUT2D eigenvalue weighted by molar-refractivity contribution is 0.256. The minimum atomic E-state index is 0.159. The predicted molar refractivity (Wildman–Crippen MR) is 82.0 cm³/mol. The molecule has 3 unspecified atom stereocenters. The van der Waals surface area contributed by atoms with Crippen LogP contribution in [0.2, 0.25) is 0 Å². The third-order valence-electron chi connectivity index (χ3n) is 4.41. The Morgan fingerprint density at radius 2 is 2.05 bits per heavy atom. The van der Waals surface area contributed by atoms with E-state index >= 15 is 0 Å². The summed E-state index contributed by atoms with van der Waals surface area (Å²) < 4.78 is 0. The Bertz CT molecular complexity index is 363. The van der Waals surface area contributed by atoms with E-state index in [-0.39, 0.29) is 6.04 Å². The van der Waals surface area contributed by atoms with Crippen LogP contribution in [0.1, 0.15) is 44.7 Å². The topological polar surface area (TPSA) is 29.3 Å². The van der Waals surface area contributed by atoms with Gasteiger partial charge < -0.3 is 10.6 Å². The van der Waals surface area contributed by atoms with Crippen LogP contribution in [0.3, 0.4) is 0 Å². The van der Waals surface area contributed by atoms with Crippen molar-refractivity contribution in [2.75, 3.05) is 19.6 Å². The normalized spacial score (nSPS) is 23.4. The summed E-state index contributed by atoms with van der Waals surface area (Å²) in [5.41, 5.74) is 7.65. The highest BCUT2D eigenvalue weighted by atomic mass is 15.1. The van der Waals surface area contributed by atoms with E-state index in [9.17, 15) is 0 Å². The molecule has 1 aromatic rings. The third-order valence-corrected chi connectivity index (χ3v) is 4.41. The molecule has 2 heteroatoms. The Balaban J connectivity index is 1.83. The number of nitrogens with two attached hydrogens (primary N) is 1. The minimum absolute atomic E-state index is 0.159. The van der Waals surface area contributed by atoms with E-state index in [1.165, 1.54) is 37.9 Å². The maximum absolute atomic E-state index is 6.38. The van der Waals surface area contributed by atoms with Crippen LogP contribution in [0.4, 0.5) is 0 Å². The average Bonchev–Trinajstić information content (AvgIpc) is 2.86. The van der Waals surface area contributed by atoms with Gasteiger partial charge in [0.15, 0.2) is 0 Å². The van der Waals surface area contributed by atoms with Crippen LogP contribution >= 0.6 is 0 Å². The minimum Gasteiger partial charge on any atom is -0.324 e. The van der Waals surface area contributed by atoms with Gasteiger partial charge in [0.25, 0.3) is 0 Å². The lowest BCUT2D eigenvalue weighted by Crippen LogP contribution is -2.32. The lowest BCUT2D eigenvalue weighted by atomic mass is 9.95. The van der Waals surface area contributed by atoms with Crippen molar-refractivity contribution >= 4 is 0 Å². The zero-order valence-electron chi connectivity index (χ0n) is 12.4. The first-order valence-electron chi connectivity index (χ1n) is 7.73. The first kappa shape index (κ1) is 14.5. The molecule has 1 aromatic carbocycles. The monoisotopic (exact) mass is 260 g/mol. The van der Waals surface area contributed by atoms with E-state index in [2.05, 4.69) is 49.1 Å². The molecule has 2 N–H and O–H groups in total. The molecule has 0 radical (unpaired) electrons. The van der Waals surface area contributed by atoms with Gasteiger partial charge in [0, 0.05) is 19.1 Å². The van der Waals surface area contributed by atoms with Crippen LogP contribution in [0.5, 0.6) is 0 Å². The third kappa shape index (κ3) is 4.05. The van der Waals surface area contributed by atoms with E-state index in [1.54, 1.807) is 0 Å². The van der Waals surface area contributed by atoms with E-state index in [0.717, 1.165) is 12.5 Å². The summed E-state index contributed by atoms with van der Waals surface area (Å²) in [4.78, 5) is 2.60. The summed E-state index contributed by atoms with van der Waals surface area (Å²) in [5.74, 6) is 1.44. The van der Waals surface area contributed by atoms with Crippen molar-refractivity contribution in [3.05, 3.63) is 35.9 Å². The maximum Gasteiger partial charge on any atom is 0.0333 e. The van der Waals surface area contributed by atoms with Gasteiger partial charge in [0.2, 0.25) is 0 Å². The van der Waals surface area contributed by atoms with Gasteiger partial charge in [0.1, 0.15) is 0 Å². The van der Waals surface area contributed by atoms with Gasteiger partial charge in [0.05, 0.1) is 0 Å². The van der Waals surface area contributed by atoms with Crippen LogP contribution in [0.25, 0.3) is 0 Å². The molecule has 1 fully saturated rings. The molecule has 0 aromatic heterocycles. The fourth-order valence-electron chi connectivity index (χ4n) is 3.25. The standard InChI is InChI=1S/C17H28N2/c1-3-7-15-10-11-19(13-15)12-14(2)17(18)16-8-5-4-6-9-16/h4-6,8-9,14-15,17H,3,7,10-13,18H2,1-2H3. The van der Waals surface area contributed by atoms with Gasteiger partial charge in [-0.1, -0.05) is 50.6 Å². The Morgan fingerprint density at radius 1 is 1.32 bits per heavy atom. The zero-order chi connectivity index (χ0) is 13.7. The molecular formula is C17H28N2. The van der Waals surface area contributed by atoms with Crippen molar-refractivity contribution in [3.63, 3.8) is 0 Å². The van der Waals surface area contributed by atoms with Crippen molar-refractivity contribution in [1.29, 1.82) is 0 Å². The summed E-state index contributed by atoms with van der Waals surface area (Å²) in [5, 5.41) is 0. The van der Waals surface area contributed by atoms with Crippen molar-refractivity contribution < 1.29 is 0 Å². The van der Waals surface area contributed by atoms with Crippen molar-refractivity contribution in [2.24, 2.45) is 17.6 Å². The Labute approximate surface area is 118 Å². The molecule has 1 heterocycles. The SMILES string of the molecule is CCCC1CCN(CC(C)C(N)c2ccccc2)C1. The molecule has 0 spiro atoms. The molecule has 0 aliphatic carbocycles. The molecule has 2 rings (SSSR count). The first-order chi connectivity index (χ1) is 9.20. The van der Waals surface area contributed by atoms with Crippen LogP contribution in [0, 0.1) is 11.8 Å².